The molecule has 1 aromatic carbocycles. The van der Waals surface area contributed by atoms with E-state index < -0.39 is 0 Å². The molecule has 0 fully saturated rings. The molecule has 0 aliphatic rings. The molecule has 0 saturated heterocycles. The van der Waals surface area contributed by atoms with E-state index in [2.05, 4.69) is 19.9 Å². The van der Waals surface area contributed by atoms with Crippen LogP contribution in [0, 0.1) is 0 Å². The van der Waals surface area contributed by atoms with E-state index in [1.165, 1.54) is 6.33 Å². The quantitative estimate of drug-likeness (QED) is 0.635. The number of imidazole rings is 1. The number of fused-ring (bicyclic) bond motifs is 1. The number of nitrogens with one attached hydrogen (secondary N) is 1. The van der Waals surface area contributed by atoms with Gasteiger partial charge in [0.1, 0.15) is 17.6 Å². The molecule has 3 rings (SSSR count). The van der Waals surface area contributed by atoms with Gasteiger partial charge in [-0.3, -0.25) is 0 Å². The molecule has 0 radical (unpaired) electrons. The first-order chi connectivity index (χ1) is 7.84. The molecule has 0 amide bonds. The zero-order valence-corrected chi connectivity index (χ0v) is 8.25. The number of H-pyrrole nitrogens is 1. The summed E-state index contributed by atoms with van der Waals surface area (Å²) in [6.07, 6.45) is 3.06. The number of hydrogen-bond donors (Lipinski definition) is 2. The molecule has 0 bridgehead atoms. The Morgan fingerprint density at radius 1 is 1.00 bits per heavy atom. The van der Waals surface area contributed by atoms with Crippen molar-refractivity contribution in [2.45, 2.75) is 0 Å². The number of aromatic amines is 1. The second-order valence-electron chi connectivity index (χ2n) is 3.37. The second kappa shape index (κ2) is 5.24. The predicted molar refractivity (Wildman–Crippen MR) is 65.9 cm³/mol. The third-order valence-electron chi connectivity index (χ3n) is 2.36. The molecule has 0 aliphatic carbocycles. The fourth-order valence-electron chi connectivity index (χ4n) is 1.60. The van der Waals surface area contributed by atoms with Crippen LogP contribution in [-0.4, -0.2) is 76.4 Å². The van der Waals surface area contributed by atoms with Gasteiger partial charge in [0.15, 0.2) is 5.65 Å². The molecular formula is C11H9KN4O. The van der Waals surface area contributed by atoms with Crippen LogP contribution in [0.3, 0.4) is 0 Å². The van der Waals surface area contributed by atoms with Crippen LogP contribution in [-0.2, 0) is 0 Å². The summed E-state index contributed by atoms with van der Waals surface area (Å²) >= 11 is 0. The third kappa shape index (κ3) is 2.41. The van der Waals surface area contributed by atoms with E-state index in [-0.39, 0.29) is 57.1 Å². The van der Waals surface area contributed by atoms with Gasteiger partial charge in [-0.15, -0.1) is 0 Å². The van der Waals surface area contributed by atoms with Crippen LogP contribution in [0.25, 0.3) is 22.4 Å². The predicted octanol–water partition coefficient (Wildman–Crippen LogP) is 1.08. The van der Waals surface area contributed by atoms with Crippen LogP contribution in [0.5, 0.6) is 5.75 Å². The topological polar surface area (TPSA) is 74.7 Å². The second-order valence-corrected chi connectivity index (χ2v) is 3.37. The van der Waals surface area contributed by atoms with Crippen molar-refractivity contribution in [1.82, 2.24) is 19.9 Å². The van der Waals surface area contributed by atoms with Crippen molar-refractivity contribution in [2.75, 3.05) is 0 Å². The molecule has 80 valence electrons. The molecule has 0 unspecified atom stereocenters. The van der Waals surface area contributed by atoms with Crippen LogP contribution in [0.15, 0.2) is 36.9 Å². The van der Waals surface area contributed by atoms with Gasteiger partial charge in [0.2, 0.25) is 0 Å². The fourth-order valence-corrected chi connectivity index (χ4v) is 1.60. The average molecular weight is 252 g/mol. The number of nitrogens with zero attached hydrogens (tertiary/aromatic N) is 3. The Kier molecular flexibility index (Phi) is 3.90. The van der Waals surface area contributed by atoms with Gasteiger partial charge in [-0.1, -0.05) is 0 Å². The van der Waals surface area contributed by atoms with Crippen LogP contribution >= 0.6 is 0 Å². The summed E-state index contributed by atoms with van der Waals surface area (Å²) in [6.45, 7) is 0. The minimum absolute atomic E-state index is 0. The van der Waals surface area contributed by atoms with Crippen molar-refractivity contribution in [3.05, 3.63) is 36.9 Å². The molecular weight excluding hydrogens is 243 g/mol. The molecule has 0 spiro atoms. The number of rotatable bonds is 1. The summed E-state index contributed by atoms with van der Waals surface area (Å²) in [5, 5.41) is 9.22. The maximum atomic E-state index is 9.22. The molecule has 0 saturated carbocycles. The fraction of sp³-hybridized carbons (Fsp3) is 0. The third-order valence-corrected chi connectivity index (χ3v) is 2.36. The van der Waals surface area contributed by atoms with Gasteiger partial charge in [-0.2, -0.15) is 0 Å². The SMILES string of the molecule is Oc1ccc(-c2ncnc3nc[nH]c23)cc1.[KH]. The Morgan fingerprint density at radius 2 is 1.76 bits per heavy atom. The van der Waals surface area contributed by atoms with Gasteiger partial charge in [-0.05, 0) is 24.3 Å². The van der Waals surface area contributed by atoms with Crippen molar-refractivity contribution < 1.29 is 5.11 Å². The van der Waals surface area contributed by atoms with E-state index in [9.17, 15) is 5.11 Å². The van der Waals surface area contributed by atoms with E-state index in [1.807, 2.05) is 0 Å². The number of phenols is 1. The zero-order chi connectivity index (χ0) is 11.0. The van der Waals surface area contributed by atoms with Crippen molar-refractivity contribution >= 4 is 62.5 Å². The summed E-state index contributed by atoms with van der Waals surface area (Å²) in [5.41, 5.74) is 3.13. The average Bonchev–Trinajstić information content (AvgIpc) is 2.78. The monoisotopic (exact) mass is 252 g/mol. The van der Waals surface area contributed by atoms with Crippen molar-refractivity contribution in [3.63, 3.8) is 0 Å². The molecule has 2 aromatic heterocycles. The number of aromatic hydroxyl groups is 1. The molecule has 17 heavy (non-hydrogen) atoms. The van der Waals surface area contributed by atoms with Gasteiger partial charge >= 0.3 is 51.4 Å². The summed E-state index contributed by atoms with van der Waals surface area (Å²) in [4.78, 5) is 15.3. The van der Waals surface area contributed by atoms with Gasteiger partial charge < -0.3 is 10.1 Å². The number of benzene rings is 1. The van der Waals surface area contributed by atoms with Gasteiger partial charge in [0.25, 0.3) is 0 Å². The number of phenolic OH excluding ortho intramolecular Hbond substituents is 1. The Labute approximate surface area is 140 Å². The molecule has 6 heteroatoms. The molecule has 3 aromatic rings. The van der Waals surface area contributed by atoms with Crippen molar-refractivity contribution in [2.24, 2.45) is 0 Å². The molecule has 2 N–H and O–H groups in total. The van der Waals surface area contributed by atoms with E-state index in [0.717, 1.165) is 16.8 Å². The maximum absolute atomic E-state index is 9.22. The minimum atomic E-state index is 0. The molecule has 2 heterocycles. The van der Waals surface area contributed by atoms with Crippen molar-refractivity contribution in [1.29, 1.82) is 0 Å². The standard InChI is InChI=1S/C11H8N4O.K.H/c16-8-3-1-7(2-4-8)9-10-11(14-5-12-9)15-6-13-10;;/h1-6,16H,(H,12,13,14,15);;. The summed E-state index contributed by atoms with van der Waals surface area (Å²) < 4.78 is 0. The van der Waals surface area contributed by atoms with E-state index in [0.29, 0.717) is 5.65 Å². The van der Waals surface area contributed by atoms with E-state index in [4.69, 9.17) is 0 Å². The summed E-state index contributed by atoms with van der Waals surface area (Å²) in [5.74, 6) is 0.235. The number of hydrogen-bond acceptors (Lipinski definition) is 4. The first kappa shape index (κ1) is 12.7. The first-order valence-electron chi connectivity index (χ1n) is 4.78. The zero-order valence-electron chi connectivity index (χ0n) is 8.25. The van der Waals surface area contributed by atoms with E-state index >= 15 is 0 Å². The van der Waals surface area contributed by atoms with Gasteiger partial charge in [-0.25, -0.2) is 15.0 Å². The Hall–Kier alpha value is -0.794. The Bertz CT molecular complexity index is 635. The van der Waals surface area contributed by atoms with Gasteiger partial charge in [0, 0.05) is 5.56 Å². The van der Waals surface area contributed by atoms with Crippen LogP contribution < -0.4 is 0 Å². The van der Waals surface area contributed by atoms with Crippen LogP contribution in [0.1, 0.15) is 0 Å². The molecule has 5 nitrogen and oxygen atoms in total. The summed E-state index contributed by atoms with van der Waals surface area (Å²) in [7, 11) is 0. The van der Waals surface area contributed by atoms with Crippen LogP contribution in [0.2, 0.25) is 0 Å². The normalized spacial score (nSPS) is 10.1. The van der Waals surface area contributed by atoms with Gasteiger partial charge in [0.05, 0.1) is 12.0 Å². The molecule has 0 aliphatic heterocycles. The molecule has 0 atom stereocenters. The van der Waals surface area contributed by atoms with E-state index in [1.54, 1.807) is 30.6 Å². The summed E-state index contributed by atoms with van der Waals surface area (Å²) in [6, 6.07) is 6.86. The first-order valence-corrected chi connectivity index (χ1v) is 4.78. The Morgan fingerprint density at radius 3 is 2.53 bits per heavy atom. The van der Waals surface area contributed by atoms with Crippen molar-refractivity contribution in [3.8, 4) is 17.0 Å². The van der Waals surface area contributed by atoms with Crippen LogP contribution in [0.4, 0.5) is 0 Å². The number of aromatic nitrogens is 4. The Balaban J connectivity index is 0.00000108.